The van der Waals surface area contributed by atoms with Crippen LogP contribution in [0.25, 0.3) is 0 Å². The van der Waals surface area contributed by atoms with E-state index >= 15 is 0 Å². The second kappa shape index (κ2) is 5.60. The smallest absolute Gasteiger partial charge is 0.236 e. The maximum Gasteiger partial charge on any atom is 0.236 e. The summed E-state index contributed by atoms with van der Waals surface area (Å²) in [7, 11) is 1.79. The van der Waals surface area contributed by atoms with Crippen molar-refractivity contribution in [2.24, 2.45) is 0 Å². The maximum atomic E-state index is 11.4. The van der Waals surface area contributed by atoms with Gasteiger partial charge in [0.15, 0.2) is 0 Å². The lowest BCUT2D eigenvalue weighted by molar-refractivity contribution is -0.130. The molecule has 0 fully saturated rings. The minimum Gasteiger partial charge on any atom is -0.342 e. The Hall–Kier alpha value is -1.01. The second-order valence-electron chi connectivity index (χ2n) is 3.37. The van der Waals surface area contributed by atoms with Crippen molar-refractivity contribution in [1.82, 2.24) is 10.2 Å². The molecule has 1 atom stereocenters. The maximum absolute atomic E-state index is 11.4. The Morgan fingerprint density at radius 2 is 2.08 bits per heavy atom. The van der Waals surface area contributed by atoms with Crippen molar-refractivity contribution in [2.75, 3.05) is 13.6 Å². The topological polar surface area (TPSA) is 32.3 Å². The van der Waals surface area contributed by atoms with Gasteiger partial charge in [0.05, 0.1) is 12.6 Å². The van der Waals surface area contributed by atoms with Gasteiger partial charge in [-0.3, -0.25) is 10.1 Å². The van der Waals surface area contributed by atoms with Gasteiger partial charge in [-0.05, 0) is 20.8 Å². The summed E-state index contributed by atoms with van der Waals surface area (Å²) >= 11 is 0. The van der Waals surface area contributed by atoms with Crippen molar-refractivity contribution in [3.8, 4) is 12.3 Å². The zero-order valence-corrected chi connectivity index (χ0v) is 8.79. The van der Waals surface area contributed by atoms with Crippen molar-refractivity contribution < 1.29 is 4.79 Å². The molecule has 0 heterocycles. The number of hydrogen-bond acceptors (Lipinski definition) is 2. The number of carbonyl (C=O) groups is 1. The summed E-state index contributed by atoms with van der Waals surface area (Å²) in [5.41, 5.74) is 0. The lowest BCUT2D eigenvalue weighted by atomic mass is 10.3. The van der Waals surface area contributed by atoms with Gasteiger partial charge in [-0.25, -0.2) is 0 Å². The number of nitrogens with one attached hydrogen (secondary N) is 1. The number of rotatable bonds is 4. The van der Waals surface area contributed by atoms with Crippen LogP contribution in [0, 0.1) is 12.3 Å². The molecular formula is C10H18N2O. The molecule has 3 nitrogen and oxygen atoms in total. The van der Waals surface area contributed by atoms with Crippen LogP contribution >= 0.6 is 0 Å². The molecule has 0 aromatic heterocycles. The molecule has 0 aliphatic heterocycles. The SMILES string of the molecule is C#CC(C)NCC(=O)N(C)C(C)C. The summed E-state index contributed by atoms with van der Waals surface area (Å²) in [6.07, 6.45) is 5.16. The molecular weight excluding hydrogens is 164 g/mol. The number of carbonyl (C=O) groups excluding carboxylic acids is 1. The summed E-state index contributed by atoms with van der Waals surface area (Å²) in [5, 5.41) is 2.94. The molecule has 1 unspecified atom stereocenters. The fraction of sp³-hybridized carbons (Fsp3) is 0.700. The van der Waals surface area contributed by atoms with E-state index in [1.165, 1.54) is 0 Å². The molecule has 0 aliphatic rings. The first kappa shape index (κ1) is 12.0. The second-order valence-corrected chi connectivity index (χ2v) is 3.37. The molecule has 0 rings (SSSR count). The van der Waals surface area contributed by atoms with E-state index < -0.39 is 0 Å². The number of terminal acetylenes is 1. The summed E-state index contributed by atoms with van der Waals surface area (Å²) in [4.78, 5) is 13.1. The van der Waals surface area contributed by atoms with Crippen LogP contribution in [0.4, 0.5) is 0 Å². The monoisotopic (exact) mass is 182 g/mol. The normalized spacial score (nSPS) is 12.3. The van der Waals surface area contributed by atoms with Gasteiger partial charge >= 0.3 is 0 Å². The minimum atomic E-state index is -0.0514. The van der Waals surface area contributed by atoms with E-state index in [0.717, 1.165) is 0 Å². The fourth-order valence-electron chi connectivity index (χ4n) is 0.712. The van der Waals surface area contributed by atoms with Gasteiger partial charge < -0.3 is 4.90 Å². The van der Waals surface area contributed by atoms with Gasteiger partial charge in [0.2, 0.25) is 5.91 Å². The molecule has 0 aromatic carbocycles. The number of amides is 1. The molecule has 0 saturated carbocycles. The standard InChI is InChI=1S/C10H18N2O/c1-6-9(4)11-7-10(13)12(5)8(2)3/h1,8-9,11H,7H2,2-5H3. The largest absolute Gasteiger partial charge is 0.342 e. The van der Waals surface area contributed by atoms with Crippen molar-refractivity contribution >= 4 is 5.91 Å². The Balaban J connectivity index is 3.83. The van der Waals surface area contributed by atoms with E-state index in [4.69, 9.17) is 6.42 Å². The van der Waals surface area contributed by atoms with Crippen LogP contribution in [0.15, 0.2) is 0 Å². The molecule has 74 valence electrons. The van der Waals surface area contributed by atoms with E-state index in [1.54, 1.807) is 11.9 Å². The first-order chi connectivity index (χ1) is 5.99. The Morgan fingerprint density at radius 3 is 2.46 bits per heavy atom. The first-order valence-electron chi connectivity index (χ1n) is 4.44. The zero-order chi connectivity index (χ0) is 10.4. The predicted octanol–water partition coefficient (Wildman–Crippen LogP) is 0.464. The highest BCUT2D eigenvalue weighted by atomic mass is 16.2. The Labute approximate surface area is 80.5 Å². The van der Waals surface area contributed by atoms with Crippen LogP contribution in [0.1, 0.15) is 20.8 Å². The molecule has 0 bridgehead atoms. The van der Waals surface area contributed by atoms with Crippen LogP contribution in [0.5, 0.6) is 0 Å². The van der Waals surface area contributed by atoms with Crippen LogP contribution in [-0.2, 0) is 4.79 Å². The number of nitrogens with zero attached hydrogens (tertiary/aromatic N) is 1. The van der Waals surface area contributed by atoms with Crippen LogP contribution < -0.4 is 5.32 Å². The quantitative estimate of drug-likeness (QED) is 0.641. The van der Waals surface area contributed by atoms with Crippen molar-refractivity contribution in [3.63, 3.8) is 0 Å². The molecule has 3 heteroatoms. The van der Waals surface area contributed by atoms with Crippen molar-refractivity contribution in [2.45, 2.75) is 32.9 Å². The molecule has 0 spiro atoms. The zero-order valence-electron chi connectivity index (χ0n) is 8.79. The molecule has 0 aliphatic carbocycles. The van der Waals surface area contributed by atoms with E-state index in [2.05, 4.69) is 11.2 Å². The molecule has 0 radical (unpaired) electrons. The van der Waals surface area contributed by atoms with Crippen molar-refractivity contribution in [1.29, 1.82) is 0 Å². The van der Waals surface area contributed by atoms with Gasteiger partial charge in [0.1, 0.15) is 0 Å². The lowest BCUT2D eigenvalue weighted by Crippen LogP contribution is -2.41. The van der Waals surface area contributed by atoms with Crippen LogP contribution in [-0.4, -0.2) is 36.5 Å². The van der Waals surface area contributed by atoms with E-state index in [1.807, 2.05) is 20.8 Å². The van der Waals surface area contributed by atoms with Crippen molar-refractivity contribution in [3.05, 3.63) is 0 Å². The number of likely N-dealkylation sites (N-methyl/N-ethyl adjacent to an activating group) is 1. The third kappa shape index (κ3) is 4.54. The Kier molecular flexibility index (Phi) is 5.17. The molecule has 1 amide bonds. The molecule has 0 saturated heterocycles. The van der Waals surface area contributed by atoms with E-state index in [0.29, 0.717) is 6.54 Å². The Bertz CT molecular complexity index is 205. The Morgan fingerprint density at radius 1 is 1.54 bits per heavy atom. The van der Waals surface area contributed by atoms with Gasteiger partial charge in [-0.1, -0.05) is 5.92 Å². The fourth-order valence-corrected chi connectivity index (χ4v) is 0.712. The summed E-state index contributed by atoms with van der Waals surface area (Å²) in [5.74, 6) is 2.57. The molecule has 1 N–H and O–H groups in total. The summed E-state index contributed by atoms with van der Waals surface area (Å²) < 4.78 is 0. The highest BCUT2D eigenvalue weighted by molar-refractivity contribution is 5.78. The van der Waals surface area contributed by atoms with Gasteiger partial charge in [-0.2, -0.15) is 0 Å². The summed E-state index contributed by atoms with van der Waals surface area (Å²) in [6, 6.07) is 0.181. The highest BCUT2D eigenvalue weighted by Crippen LogP contribution is 1.93. The third-order valence-corrected chi connectivity index (χ3v) is 1.98. The number of hydrogen-bond donors (Lipinski definition) is 1. The van der Waals surface area contributed by atoms with E-state index in [-0.39, 0.29) is 18.0 Å². The summed E-state index contributed by atoms with van der Waals surface area (Å²) in [6.45, 7) is 6.10. The molecule has 0 aromatic rings. The third-order valence-electron chi connectivity index (χ3n) is 1.98. The van der Waals surface area contributed by atoms with E-state index in [9.17, 15) is 4.79 Å². The van der Waals surface area contributed by atoms with Gasteiger partial charge in [0, 0.05) is 13.1 Å². The lowest BCUT2D eigenvalue weighted by Gasteiger charge is -2.22. The molecule has 13 heavy (non-hydrogen) atoms. The van der Waals surface area contributed by atoms with Gasteiger partial charge in [-0.15, -0.1) is 6.42 Å². The first-order valence-corrected chi connectivity index (χ1v) is 4.44. The minimum absolute atomic E-state index is 0.0514. The van der Waals surface area contributed by atoms with Crippen LogP contribution in [0.2, 0.25) is 0 Å². The highest BCUT2D eigenvalue weighted by Gasteiger charge is 2.11. The van der Waals surface area contributed by atoms with Crippen LogP contribution in [0.3, 0.4) is 0 Å². The average Bonchev–Trinajstić information content (AvgIpc) is 2.11. The average molecular weight is 182 g/mol. The predicted molar refractivity (Wildman–Crippen MR) is 54.2 cm³/mol. The van der Waals surface area contributed by atoms with Gasteiger partial charge in [0.25, 0.3) is 0 Å².